The van der Waals surface area contributed by atoms with Crippen molar-refractivity contribution in [2.75, 3.05) is 13.7 Å². The molecule has 0 aromatic carbocycles. The third kappa shape index (κ3) is 4.31. The molecule has 0 saturated heterocycles. The molecule has 1 N–H and O–H groups in total. The molecule has 0 radical (unpaired) electrons. The van der Waals surface area contributed by atoms with Gasteiger partial charge in [-0.3, -0.25) is 4.79 Å². The average Bonchev–Trinajstić information content (AvgIpc) is 3.52. The van der Waals surface area contributed by atoms with Crippen LogP contribution in [0.2, 0.25) is 5.15 Å². The third-order valence-electron chi connectivity index (χ3n) is 5.01. The van der Waals surface area contributed by atoms with Gasteiger partial charge in [0.1, 0.15) is 21.7 Å². The highest BCUT2D eigenvalue weighted by Gasteiger charge is 2.37. The summed E-state index contributed by atoms with van der Waals surface area (Å²) in [6.45, 7) is 1.96. The fraction of sp³-hybridized carbons (Fsp3) is 0.250. The van der Waals surface area contributed by atoms with Gasteiger partial charge < -0.3 is 14.6 Å². The Morgan fingerprint density at radius 2 is 2.15 bits per heavy atom. The number of methoxy groups -OCH3 is 1. The molecule has 4 heterocycles. The number of amides is 1. The number of nitrogens with zero attached hydrogens (tertiary/aromatic N) is 5. The van der Waals surface area contributed by atoms with E-state index in [4.69, 9.17) is 20.9 Å². The van der Waals surface area contributed by atoms with Gasteiger partial charge in [0.05, 0.1) is 24.9 Å². The van der Waals surface area contributed by atoms with E-state index in [0.29, 0.717) is 27.7 Å². The molecule has 0 aliphatic carbocycles. The summed E-state index contributed by atoms with van der Waals surface area (Å²) < 4.78 is 39.2. The summed E-state index contributed by atoms with van der Waals surface area (Å²) in [6, 6.07) is 1.89. The summed E-state index contributed by atoms with van der Waals surface area (Å²) in [4.78, 5) is 20.8. The maximum Gasteiger partial charge on any atom is 0.273 e. The first-order valence-corrected chi connectivity index (χ1v) is 10.7. The second kappa shape index (κ2) is 8.87. The fourth-order valence-electron chi connectivity index (χ4n) is 3.28. The Balaban J connectivity index is 1.60. The van der Waals surface area contributed by atoms with Crippen LogP contribution in [0, 0.1) is 11.6 Å². The highest BCUT2D eigenvalue weighted by atomic mass is 35.5. The van der Waals surface area contributed by atoms with Crippen LogP contribution in [0.1, 0.15) is 28.0 Å². The highest BCUT2D eigenvalue weighted by Crippen LogP contribution is 2.39. The molecule has 0 aliphatic heterocycles. The van der Waals surface area contributed by atoms with Crippen molar-refractivity contribution in [3.05, 3.63) is 63.0 Å². The van der Waals surface area contributed by atoms with E-state index in [1.165, 1.54) is 24.5 Å². The van der Waals surface area contributed by atoms with Gasteiger partial charge in [0, 0.05) is 36.7 Å². The molecule has 1 amide bonds. The summed E-state index contributed by atoms with van der Waals surface area (Å²) in [5, 5.41) is 13.4. The SMILES string of the molecule is COc1c(C(C)(CNC(=O)c2cc(-c3ncc(F)cc3F)on2)c2nc(Cl)cs2)cnn1C. The molecule has 0 aliphatic rings. The van der Waals surface area contributed by atoms with E-state index >= 15 is 0 Å². The number of hydrogen-bond donors (Lipinski definition) is 1. The van der Waals surface area contributed by atoms with Crippen LogP contribution in [0.3, 0.4) is 0 Å². The van der Waals surface area contributed by atoms with Gasteiger partial charge in [0.15, 0.2) is 17.3 Å². The number of hydrogen-bond acceptors (Lipinski definition) is 8. The number of halogens is 3. The lowest BCUT2D eigenvalue weighted by atomic mass is 9.84. The van der Waals surface area contributed by atoms with Crippen LogP contribution in [0.5, 0.6) is 5.88 Å². The standard InChI is InChI=1S/C20H17ClF2N6O3S/c1-20(19-27-15(21)8-33-19,11-7-26-29(2)18(11)31-3)9-25-17(30)13-5-14(32-28-13)16-12(23)4-10(22)6-24-16/h4-8H,9H2,1-3H3,(H,25,30). The molecule has 1 atom stereocenters. The van der Waals surface area contributed by atoms with Crippen LogP contribution in [-0.2, 0) is 12.5 Å². The Bertz CT molecular complexity index is 1320. The maximum atomic E-state index is 14.0. The fourth-order valence-corrected chi connectivity index (χ4v) is 4.40. The topological polar surface area (TPSA) is 108 Å². The molecule has 4 aromatic heterocycles. The molecule has 1 unspecified atom stereocenters. The smallest absolute Gasteiger partial charge is 0.273 e. The minimum absolute atomic E-state index is 0.0864. The second-order valence-corrected chi connectivity index (χ2v) is 8.49. The Morgan fingerprint density at radius 1 is 1.36 bits per heavy atom. The molecular formula is C20H17ClF2N6O3S. The van der Waals surface area contributed by atoms with Crippen LogP contribution in [0.25, 0.3) is 11.5 Å². The minimum atomic E-state index is -0.935. The monoisotopic (exact) mass is 494 g/mol. The molecule has 9 nitrogen and oxygen atoms in total. The van der Waals surface area contributed by atoms with Gasteiger partial charge in [-0.2, -0.15) is 5.10 Å². The van der Waals surface area contributed by atoms with E-state index in [-0.39, 0.29) is 23.7 Å². The number of carbonyl (C=O) groups is 1. The molecular weight excluding hydrogens is 478 g/mol. The van der Waals surface area contributed by atoms with Crippen LogP contribution in [0.4, 0.5) is 8.78 Å². The predicted octanol–water partition coefficient (Wildman–Crippen LogP) is 3.60. The molecule has 0 spiro atoms. The number of aryl methyl sites for hydroxylation is 1. The number of nitrogens with one attached hydrogen (secondary N) is 1. The summed E-state index contributed by atoms with van der Waals surface area (Å²) in [5.74, 6) is -1.96. The lowest BCUT2D eigenvalue weighted by Gasteiger charge is -2.27. The van der Waals surface area contributed by atoms with E-state index in [9.17, 15) is 13.6 Å². The van der Waals surface area contributed by atoms with Crippen LogP contribution in [0.15, 0.2) is 34.4 Å². The summed E-state index contributed by atoms with van der Waals surface area (Å²) >= 11 is 7.38. The quantitative estimate of drug-likeness (QED) is 0.418. The summed E-state index contributed by atoms with van der Waals surface area (Å²) in [6.07, 6.45) is 2.48. The van der Waals surface area contributed by atoms with Gasteiger partial charge in [0.2, 0.25) is 5.88 Å². The largest absolute Gasteiger partial charge is 0.481 e. The molecule has 13 heteroatoms. The molecule has 4 aromatic rings. The lowest BCUT2D eigenvalue weighted by Crippen LogP contribution is -2.39. The van der Waals surface area contributed by atoms with Gasteiger partial charge in [0.25, 0.3) is 5.91 Å². The zero-order valence-electron chi connectivity index (χ0n) is 17.6. The van der Waals surface area contributed by atoms with Crippen molar-refractivity contribution in [3.63, 3.8) is 0 Å². The first kappa shape index (κ1) is 22.8. The van der Waals surface area contributed by atoms with Crippen LogP contribution >= 0.6 is 22.9 Å². The first-order chi connectivity index (χ1) is 15.7. The number of pyridine rings is 1. The molecule has 33 heavy (non-hydrogen) atoms. The van der Waals surface area contributed by atoms with Gasteiger partial charge in [-0.1, -0.05) is 16.8 Å². The van der Waals surface area contributed by atoms with Crippen molar-refractivity contribution in [3.8, 4) is 17.3 Å². The number of thiazole rings is 1. The van der Waals surface area contributed by atoms with Crippen LogP contribution in [-0.4, -0.2) is 44.5 Å². The predicted molar refractivity (Wildman–Crippen MR) is 115 cm³/mol. The highest BCUT2D eigenvalue weighted by molar-refractivity contribution is 7.10. The molecule has 0 bridgehead atoms. The van der Waals surface area contributed by atoms with Crippen molar-refractivity contribution in [1.82, 2.24) is 30.2 Å². The van der Waals surface area contributed by atoms with Crippen molar-refractivity contribution < 1.29 is 22.8 Å². The van der Waals surface area contributed by atoms with Crippen LogP contribution < -0.4 is 10.1 Å². The lowest BCUT2D eigenvalue weighted by molar-refractivity contribution is 0.0938. The van der Waals surface area contributed by atoms with E-state index in [0.717, 1.165) is 6.20 Å². The van der Waals surface area contributed by atoms with Gasteiger partial charge in [-0.15, -0.1) is 11.3 Å². The van der Waals surface area contributed by atoms with E-state index < -0.39 is 23.0 Å². The van der Waals surface area contributed by atoms with E-state index in [2.05, 4.69) is 25.5 Å². The van der Waals surface area contributed by atoms with Gasteiger partial charge >= 0.3 is 0 Å². The molecule has 4 rings (SSSR count). The zero-order chi connectivity index (χ0) is 23.8. The second-order valence-electron chi connectivity index (χ2n) is 7.24. The summed E-state index contributed by atoms with van der Waals surface area (Å²) in [5.41, 5.74) is -0.514. The average molecular weight is 495 g/mol. The number of carbonyl (C=O) groups excluding carboxylic acids is 1. The number of aromatic nitrogens is 5. The zero-order valence-corrected chi connectivity index (χ0v) is 19.2. The Labute approximate surface area is 195 Å². The van der Waals surface area contributed by atoms with Crippen molar-refractivity contribution >= 4 is 28.8 Å². The van der Waals surface area contributed by atoms with E-state index in [1.54, 1.807) is 23.3 Å². The van der Waals surface area contributed by atoms with Crippen molar-refractivity contribution in [2.24, 2.45) is 7.05 Å². The number of rotatable bonds is 7. The Hall–Kier alpha value is -3.38. The normalized spacial score (nSPS) is 13.0. The third-order valence-corrected chi connectivity index (χ3v) is 6.44. The van der Waals surface area contributed by atoms with Gasteiger partial charge in [-0.05, 0) is 6.92 Å². The Kier molecular flexibility index (Phi) is 6.13. The molecule has 0 saturated carbocycles. The summed E-state index contributed by atoms with van der Waals surface area (Å²) in [7, 11) is 3.25. The first-order valence-electron chi connectivity index (χ1n) is 9.47. The number of ether oxygens (including phenoxy) is 1. The van der Waals surface area contributed by atoms with Gasteiger partial charge in [-0.25, -0.2) is 23.4 Å². The maximum absolute atomic E-state index is 14.0. The minimum Gasteiger partial charge on any atom is -0.481 e. The Morgan fingerprint density at radius 3 is 2.82 bits per heavy atom. The van der Waals surface area contributed by atoms with E-state index in [1.807, 2.05) is 6.92 Å². The van der Waals surface area contributed by atoms with Crippen molar-refractivity contribution in [1.29, 1.82) is 0 Å². The molecule has 172 valence electrons. The molecule has 0 fully saturated rings. The van der Waals surface area contributed by atoms with Crippen molar-refractivity contribution in [2.45, 2.75) is 12.3 Å².